The summed E-state index contributed by atoms with van der Waals surface area (Å²) >= 11 is 0. The highest BCUT2D eigenvalue weighted by Crippen LogP contribution is 2.28. The maximum absolute atomic E-state index is 11.1. The van der Waals surface area contributed by atoms with Crippen molar-refractivity contribution in [2.45, 2.75) is 6.04 Å². The van der Waals surface area contributed by atoms with Gasteiger partial charge in [0.25, 0.3) is 0 Å². The fourth-order valence-corrected chi connectivity index (χ4v) is 2.32. The number of aromatic nitrogens is 2. The highest BCUT2D eigenvalue weighted by Gasteiger charge is 2.25. The number of nitrogens with zero attached hydrogens (tertiary/aromatic N) is 5. The van der Waals surface area contributed by atoms with Crippen LogP contribution < -0.4 is 16.6 Å². The van der Waals surface area contributed by atoms with Crippen LogP contribution in [-0.2, 0) is 0 Å². The Labute approximate surface area is 122 Å². The first-order valence-corrected chi connectivity index (χ1v) is 6.61. The largest absolute Gasteiger partial charge is 0.363 e. The Morgan fingerprint density at radius 2 is 2.14 bits per heavy atom. The maximum atomic E-state index is 11.1. The van der Waals surface area contributed by atoms with Gasteiger partial charge in [0.2, 0.25) is 11.6 Å². The fraction of sp³-hybridized carbons (Fsp3) is 0.636. The molecule has 1 atom stereocenters. The summed E-state index contributed by atoms with van der Waals surface area (Å²) < 4.78 is 0. The van der Waals surface area contributed by atoms with Gasteiger partial charge in [-0.3, -0.25) is 15.0 Å². The molecule has 1 aliphatic heterocycles. The Kier molecular flexibility index (Phi) is 4.83. The van der Waals surface area contributed by atoms with Crippen LogP contribution in [0.25, 0.3) is 0 Å². The van der Waals surface area contributed by atoms with E-state index in [9.17, 15) is 10.1 Å². The van der Waals surface area contributed by atoms with Crippen molar-refractivity contribution in [3.63, 3.8) is 0 Å². The van der Waals surface area contributed by atoms with Gasteiger partial charge in [0.05, 0.1) is 4.92 Å². The number of hydrazine groups is 1. The second kappa shape index (κ2) is 6.61. The van der Waals surface area contributed by atoms with E-state index in [0.717, 1.165) is 19.6 Å². The lowest BCUT2D eigenvalue weighted by atomic mass is 10.2. The average Bonchev–Trinajstić information content (AvgIpc) is 2.47. The van der Waals surface area contributed by atoms with Gasteiger partial charge in [0.1, 0.15) is 6.33 Å². The summed E-state index contributed by atoms with van der Waals surface area (Å²) in [6.45, 7) is 3.43. The summed E-state index contributed by atoms with van der Waals surface area (Å²) in [5.41, 5.74) is 1.98. The molecule has 0 saturated carbocycles. The van der Waals surface area contributed by atoms with Crippen LogP contribution in [0.2, 0.25) is 0 Å². The van der Waals surface area contributed by atoms with E-state index in [-0.39, 0.29) is 23.4 Å². The van der Waals surface area contributed by atoms with Gasteiger partial charge in [0.15, 0.2) is 0 Å². The highest BCUT2D eigenvalue weighted by atomic mass is 16.6. The zero-order valence-corrected chi connectivity index (χ0v) is 12.1. The first-order valence-electron chi connectivity index (χ1n) is 6.61. The van der Waals surface area contributed by atoms with E-state index >= 15 is 0 Å². The van der Waals surface area contributed by atoms with Crippen molar-refractivity contribution in [2.75, 3.05) is 51.0 Å². The number of piperazine rings is 1. The molecule has 116 valence electrons. The molecule has 0 radical (unpaired) electrons. The van der Waals surface area contributed by atoms with Crippen LogP contribution in [-0.4, -0.2) is 71.0 Å². The van der Waals surface area contributed by atoms with Crippen LogP contribution in [0.5, 0.6) is 0 Å². The molecule has 0 amide bonds. The SMILES string of the molecule is CN1CCN(C)C(CNc2ncnc(NN)c2[N+](=O)[O-])C1. The minimum absolute atomic E-state index is 0.00776. The van der Waals surface area contributed by atoms with Gasteiger partial charge in [0, 0.05) is 32.2 Å². The van der Waals surface area contributed by atoms with E-state index in [4.69, 9.17) is 5.84 Å². The molecule has 1 aromatic heterocycles. The first kappa shape index (κ1) is 15.4. The third-order valence-corrected chi connectivity index (χ3v) is 3.63. The Morgan fingerprint density at radius 3 is 2.81 bits per heavy atom. The predicted octanol–water partition coefficient (Wildman–Crippen LogP) is -0.672. The number of nitro groups is 1. The summed E-state index contributed by atoms with van der Waals surface area (Å²) in [6, 6.07) is 0.257. The molecule has 1 saturated heterocycles. The lowest BCUT2D eigenvalue weighted by molar-refractivity contribution is -0.383. The van der Waals surface area contributed by atoms with Crippen molar-refractivity contribution in [3.05, 3.63) is 16.4 Å². The third kappa shape index (κ3) is 3.54. The molecule has 0 aliphatic carbocycles. The molecule has 2 rings (SSSR count). The monoisotopic (exact) mass is 296 g/mol. The topological polar surface area (TPSA) is 125 Å². The van der Waals surface area contributed by atoms with Gasteiger partial charge >= 0.3 is 5.69 Å². The number of nitrogen functional groups attached to an aromatic ring is 1. The zero-order chi connectivity index (χ0) is 15.4. The minimum atomic E-state index is -0.547. The van der Waals surface area contributed by atoms with E-state index in [1.165, 1.54) is 6.33 Å². The summed E-state index contributed by atoms with van der Waals surface area (Å²) in [7, 11) is 4.10. The smallest absolute Gasteiger partial charge is 0.354 e. The normalized spacial score (nSPS) is 20.2. The Bertz CT molecular complexity index is 511. The van der Waals surface area contributed by atoms with Crippen LogP contribution in [0.1, 0.15) is 0 Å². The molecule has 1 fully saturated rings. The third-order valence-electron chi connectivity index (χ3n) is 3.63. The number of likely N-dealkylation sites (N-methyl/N-ethyl adjacent to an activating group) is 2. The second-order valence-electron chi connectivity index (χ2n) is 5.10. The van der Waals surface area contributed by atoms with Crippen molar-refractivity contribution in [2.24, 2.45) is 5.84 Å². The molecule has 1 aromatic rings. The number of rotatable bonds is 5. The number of hydrogen-bond acceptors (Lipinski definition) is 9. The lowest BCUT2D eigenvalue weighted by Crippen LogP contribution is -2.52. The van der Waals surface area contributed by atoms with Crippen LogP contribution in [0, 0.1) is 10.1 Å². The second-order valence-corrected chi connectivity index (χ2v) is 5.10. The van der Waals surface area contributed by atoms with Gasteiger partial charge in [-0.2, -0.15) is 0 Å². The maximum Gasteiger partial charge on any atom is 0.354 e. The van der Waals surface area contributed by atoms with Gasteiger partial charge in [-0.05, 0) is 14.1 Å². The quantitative estimate of drug-likeness (QED) is 0.368. The fourth-order valence-electron chi connectivity index (χ4n) is 2.32. The molecule has 1 unspecified atom stereocenters. The lowest BCUT2D eigenvalue weighted by Gasteiger charge is -2.37. The van der Waals surface area contributed by atoms with Gasteiger partial charge < -0.3 is 15.6 Å². The zero-order valence-electron chi connectivity index (χ0n) is 12.1. The first-order chi connectivity index (χ1) is 10.0. The molecular formula is C11H20N8O2. The summed E-state index contributed by atoms with van der Waals surface area (Å²) in [4.78, 5) is 22.7. The van der Waals surface area contributed by atoms with E-state index in [0.29, 0.717) is 6.54 Å². The number of anilines is 2. The van der Waals surface area contributed by atoms with Crippen molar-refractivity contribution >= 4 is 17.3 Å². The van der Waals surface area contributed by atoms with Crippen LogP contribution in [0.3, 0.4) is 0 Å². The van der Waals surface area contributed by atoms with Crippen molar-refractivity contribution < 1.29 is 4.92 Å². The Hall–Kier alpha value is -2.04. The van der Waals surface area contributed by atoms with Crippen molar-refractivity contribution in [1.29, 1.82) is 0 Å². The molecule has 21 heavy (non-hydrogen) atoms. The van der Waals surface area contributed by atoms with E-state index < -0.39 is 4.92 Å². The molecule has 0 bridgehead atoms. The van der Waals surface area contributed by atoms with Gasteiger partial charge in [-0.1, -0.05) is 0 Å². The molecule has 4 N–H and O–H groups in total. The molecule has 1 aliphatic rings. The predicted molar refractivity (Wildman–Crippen MR) is 78.9 cm³/mol. The number of nitrogens with two attached hydrogens (primary N) is 1. The Morgan fingerprint density at radius 1 is 1.43 bits per heavy atom. The minimum Gasteiger partial charge on any atom is -0.363 e. The van der Waals surface area contributed by atoms with Crippen molar-refractivity contribution in [1.82, 2.24) is 19.8 Å². The summed E-state index contributed by atoms with van der Waals surface area (Å²) in [5, 5.41) is 14.2. The van der Waals surface area contributed by atoms with Gasteiger partial charge in [-0.15, -0.1) is 0 Å². The van der Waals surface area contributed by atoms with Crippen LogP contribution >= 0.6 is 0 Å². The summed E-state index contributed by atoms with van der Waals surface area (Å²) in [6.07, 6.45) is 1.24. The van der Waals surface area contributed by atoms with Crippen LogP contribution in [0.15, 0.2) is 6.33 Å². The molecule has 0 aromatic carbocycles. The molecule has 0 spiro atoms. The summed E-state index contributed by atoms with van der Waals surface area (Å²) in [5.74, 6) is 5.41. The van der Waals surface area contributed by atoms with E-state index in [1.807, 2.05) is 7.05 Å². The average molecular weight is 296 g/mol. The number of hydrogen-bond donors (Lipinski definition) is 3. The van der Waals surface area contributed by atoms with E-state index in [2.05, 4.69) is 37.6 Å². The molecular weight excluding hydrogens is 276 g/mol. The Balaban J connectivity index is 2.11. The highest BCUT2D eigenvalue weighted by molar-refractivity contribution is 5.68. The van der Waals surface area contributed by atoms with Gasteiger partial charge in [-0.25, -0.2) is 15.8 Å². The number of nitrogens with one attached hydrogen (secondary N) is 2. The van der Waals surface area contributed by atoms with Crippen molar-refractivity contribution in [3.8, 4) is 0 Å². The molecule has 10 nitrogen and oxygen atoms in total. The van der Waals surface area contributed by atoms with Crippen LogP contribution in [0.4, 0.5) is 17.3 Å². The molecule has 2 heterocycles. The molecule has 10 heteroatoms. The van der Waals surface area contributed by atoms with E-state index in [1.54, 1.807) is 0 Å². The standard InChI is InChI=1S/C11H20N8O2/c1-17-3-4-18(2)8(6-17)5-13-10-9(19(20)21)11(16-12)15-7-14-10/h7-8H,3-6,12H2,1-2H3,(H2,13,14,15,16).